The van der Waals surface area contributed by atoms with Crippen LogP contribution in [0.4, 0.5) is 11.5 Å². The van der Waals surface area contributed by atoms with Gasteiger partial charge in [-0.1, -0.05) is 6.07 Å². The van der Waals surface area contributed by atoms with Crippen molar-refractivity contribution in [1.29, 1.82) is 0 Å². The van der Waals surface area contributed by atoms with Gasteiger partial charge in [-0.2, -0.15) is 0 Å². The molecule has 2 fully saturated rings. The number of carboxylic acid groups (broad SMARTS) is 1. The van der Waals surface area contributed by atoms with Gasteiger partial charge in [0.2, 0.25) is 5.91 Å². The molecule has 4 rings (SSSR count). The van der Waals surface area contributed by atoms with Crippen LogP contribution in [0.15, 0.2) is 48.7 Å². The summed E-state index contributed by atoms with van der Waals surface area (Å²) in [4.78, 5) is 46.1. The van der Waals surface area contributed by atoms with E-state index in [9.17, 15) is 14.4 Å². The van der Waals surface area contributed by atoms with Crippen molar-refractivity contribution in [1.82, 2.24) is 9.88 Å². The van der Waals surface area contributed by atoms with Crippen molar-refractivity contribution >= 4 is 29.3 Å². The predicted molar refractivity (Wildman–Crippen MR) is 102 cm³/mol. The molecule has 2 aliphatic rings. The molecular formula is C20H20N4O4. The summed E-state index contributed by atoms with van der Waals surface area (Å²) >= 11 is 0. The second-order valence-electron chi connectivity index (χ2n) is 6.85. The largest absolute Gasteiger partial charge is 0.478 e. The van der Waals surface area contributed by atoms with E-state index in [1.807, 2.05) is 23.1 Å². The lowest BCUT2D eigenvalue weighted by atomic mass is 10.1. The third-order valence-corrected chi connectivity index (χ3v) is 5.22. The molecule has 0 spiro atoms. The molecule has 3 heterocycles. The normalized spacial score (nSPS) is 20.6. The summed E-state index contributed by atoms with van der Waals surface area (Å²) in [5.41, 5.74) is 0.527. The van der Waals surface area contributed by atoms with E-state index in [1.165, 1.54) is 29.2 Å². The van der Waals surface area contributed by atoms with Gasteiger partial charge in [0.05, 0.1) is 23.7 Å². The van der Waals surface area contributed by atoms with Crippen molar-refractivity contribution in [2.75, 3.05) is 36.0 Å². The minimum Gasteiger partial charge on any atom is -0.478 e. The first-order valence-corrected chi connectivity index (χ1v) is 9.15. The molecule has 0 saturated carbocycles. The number of carbonyl (C=O) groups is 3. The molecule has 2 amide bonds. The van der Waals surface area contributed by atoms with E-state index in [2.05, 4.69) is 9.88 Å². The Balaban J connectivity index is 1.44. The molecule has 2 aromatic rings. The average Bonchev–Trinajstić information content (AvgIpc) is 3.03. The molecule has 8 nitrogen and oxygen atoms in total. The molecule has 28 heavy (non-hydrogen) atoms. The molecule has 0 aliphatic carbocycles. The highest BCUT2D eigenvalue weighted by atomic mass is 16.4. The molecule has 0 bridgehead atoms. The number of imide groups is 1. The SMILES string of the molecule is O=C(O)c1ccc(N2C(=O)C[C@H](N3CCN(c4ccccn4)CC3)C2=O)cc1. The zero-order valence-electron chi connectivity index (χ0n) is 15.2. The van der Waals surface area contributed by atoms with Gasteiger partial charge < -0.3 is 10.0 Å². The lowest BCUT2D eigenvalue weighted by Crippen LogP contribution is -2.52. The van der Waals surface area contributed by atoms with E-state index in [4.69, 9.17) is 5.11 Å². The molecule has 0 unspecified atom stereocenters. The van der Waals surface area contributed by atoms with Gasteiger partial charge in [-0.15, -0.1) is 0 Å². The number of carboxylic acids is 1. The fraction of sp³-hybridized carbons (Fsp3) is 0.300. The van der Waals surface area contributed by atoms with Crippen molar-refractivity contribution in [2.24, 2.45) is 0 Å². The van der Waals surface area contributed by atoms with Gasteiger partial charge in [0.15, 0.2) is 0 Å². The fourth-order valence-electron chi connectivity index (χ4n) is 3.73. The Morgan fingerprint density at radius 3 is 2.32 bits per heavy atom. The lowest BCUT2D eigenvalue weighted by molar-refractivity contribution is -0.123. The molecular weight excluding hydrogens is 360 g/mol. The molecule has 1 aromatic carbocycles. The first-order valence-electron chi connectivity index (χ1n) is 9.15. The number of hydrogen-bond acceptors (Lipinski definition) is 6. The Morgan fingerprint density at radius 1 is 1.00 bits per heavy atom. The number of aromatic nitrogens is 1. The minimum absolute atomic E-state index is 0.116. The molecule has 1 aromatic heterocycles. The molecule has 2 aliphatic heterocycles. The summed E-state index contributed by atoms with van der Waals surface area (Å²) in [7, 11) is 0. The summed E-state index contributed by atoms with van der Waals surface area (Å²) in [6, 6.07) is 11.1. The lowest BCUT2D eigenvalue weighted by Gasteiger charge is -2.37. The number of rotatable bonds is 4. The summed E-state index contributed by atoms with van der Waals surface area (Å²) in [6.45, 7) is 2.82. The van der Waals surface area contributed by atoms with Gasteiger partial charge in [0.25, 0.3) is 5.91 Å². The van der Waals surface area contributed by atoms with E-state index in [0.29, 0.717) is 18.8 Å². The number of benzene rings is 1. The van der Waals surface area contributed by atoms with Crippen molar-refractivity contribution < 1.29 is 19.5 Å². The quantitative estimate of drug-likeness (QED) is 0.798. The Kier molecular flexibility index (Phi) is 4.79. The molecule has 0 radical (unpaired) electrons. The Bertz CT molecular complexity index is 892. The molecule has 144 valence electrons. The van der Waals surface area contributed by atoms with E-state index < -0.39 is 12.0 Å². The number of amides is 2. The molecule has 1 N–H and O–H groups in total. The van der Waals surface area contributed by atoms with Gasteiger partial charge in [0.1, 0.15) is 5.82 Å². The first kappa shape index (κ1) is 18.1. The van der Waals surface area contributed by atoms with Crippen molar-refractivity contribution in [2.45, 2.75) is 12.5 Å². The standard InChI is InChI=1S/C20H20N4O4/c25-18-13-16(19(26)24(18)15-6-4-14(5-7-15)20(27)28)22-9-11-23(12-10-22)17-3-1-2-8-21-17/h1-8,16H,9-13H2,(H,27,28)/t16-/m0/s1. The Labute approximate surface area is 162 Å². The van der Waals surface area contributed by atoms with E-state index in [-0.39, 0.29) is 23.8 Å². The van der Waals surface area contributed by atoms with Crippen LogP contribution in [0.3, 0.4) is 0 Å². The molecule has 8 heteroatoms. The van der Waals surface area contributed by atoms with Crippen LogP contribution in [0.25, 0.3) is 0 Å². The monoisotopic (exact) mass is 380 g/mol. The van der Waals surface area contributed by atoms with E-state index in [0.717, 1.165) is 18.9 Å². The molecule has 2 saturated heterocycles. The predicted octanol–water partition coefficient (Wildman–Crippen LogP) is 1.23. The third-order valence-electron chi connectivity index (χ3n) is 5.22. The summed E-state index contributed by atoms with van der Waals surface area (Å²) in [6.07, 6.45) is 1.90. The van der Waals surface area contributed by atoms with Crippen LogP contribution in [0.5, 0.6) is 0 Å². The number of anilines is 2. The highest BCUT2D eigenvalue weighted by Gasteiger charge is 2.43. The number of piperazine rings is 1. The van der Waals surface area contributed by atoms with Crippen molar-refractivity contribution in [3.05, 3.63) is 54.2 Å². The summed E-state index contributed by atoms with van der Waals surface area (Å²) in [5, 5.41) is 9.00. The van der Waals surface area contributed by atoms with Gasteiger partial charge in [-0.3, -0.25) is 14.5 Å². The second-order valence-corrected chi connectivity index (χ2v) is 6.85. The van der Waals surface area contributed by atoms with E-state index >= 15 is 0 Å². The maximum Gasteiger partial charge on any atom is 0.335 e. The zero-order chi connectivity index (χ0) is 19.7. The number of aromatic carboxylic acids is 1. The minimum atomic E-state index is -1.05. The van der Waals surface area contributed by atoms with E-state index in [1.54, 1.807) is 6.20 Å². The van der Waals surface area contributed by atoms with Crippen molar-refractivity contribution in [3.63, 3.8) is 0 Å². The Hall–Kier alpha value is -3.26. The van der Waals surface area contributed by atoms with Gasteiger partial charge in [-0.25, -0.2) is 14.7 Å². The Morgan fingerprint density at radius 2 is 1.71 bits per heavy atom. The van der Waals surface area contributed by atoms with Crippen LogP contribution < -0.4 is 9.80 Å². The molecule has 1 atom stereocenters. The van der Waals surface area contributed by atoms with Crippen LogP contribution >= 0.6 is 0 Å². The van der Waals surface area contributed by atoms with Crippen LogP contribution in [0.1, 0.15) is 16.8 Å². The second kappa shape index (κ2) is 7.40. The third kappa shape index (κ3) is 3.34. The van der Waals surface area contributed by atoms with Crippen LogP contribution in [0, 0.1) is 0 Å². The number of pyridine rings is 1. The maximum atomic E-state index is 12.9. The number of carbonyl (C=O) groups excluding carboxylic acids is 2. The highest BCUT2D eigenvalue weighted by molar-refractivity contribution is 6.22. The summed E-state index contributed by atoms with van der Waals surface area (Å²) < 4.78 is 0. The fourth-order valence-corrected chi connectivity index (χ4v) is 3.73. The average molecular weight is 380 g/mol. The van der Waals surface area contributed by atoms with Gasteiger partial charge >= 0.3 is 5.97 Å². The first-order chi connectivity index (χ1) is 13.5. The topological polar surface area (TPSA) is 94.1 Å². The van der Waals surface area contributed by atoms with Crippen LogP contribution in [-0.2, 0) is 9.59 Å². The smallest absolute Gasteiger partial charge is 0.335 e. The summed E-state index contributed by atoms with van der Waals surface area (Å²) in [5.74, 6) is -0.644. The highest BCUT2D eigenvalue weighted by Crippen LogP contribution is 2.27. The zero-order valence-corrected chi connectivity index (χ0v) is 15.2. The number of nitrogens with zero attached hydrogens (tertiary/aromatic N) is 4. The van der Waals surface area contributed by atoms with Gasteiger partial charge in [-0.05, 0) is 36.4 Å². The van der Waals surface area contributed by atoms with Gasteiger partial charge in [0, 0.05) is 32.4 Å². The number of hydrogen-bond donors (Lipinski definition) is 1. The van der Waals surface area contributed by atoms with Crippen LogP contribution in [0.2, 0.25) is 0 Å². The van der Waals surface area contributed by atoms with Crippen molar-refractivity contribution in [3.8, 4) is 0 Å². The van der Waals surface area contributed by atoms with Crippen LogP contribution in [-0.4, -0.2) is 65.0 Å². The maximum absolute atomic E-state index is 12.9.